The van der Waals surface area contributed by atoms with Crippen LogP contribution in [0.15, 0.2) is 24.3 Å². The summed E-state index contributed by atoms with van der Waals surface area (Å²) in [6.45, 7) is 8.52. The van der Waals surface area contributed by atoms with E-state index in [0.29, 0.717) is 6.61 Å². The fraction of sp³-hybridized carbons (Fsp3) is 0.562. The Hall–Kier alpha value is -1.51. The normalized spacial score (nSPS) is 13.7. The minimum Gasteiger partial charge on any atom is -0.464 e. The third-order valence-electron chi connectivity index (χ3n) is 3.31. The van der Waals surface area contributed by atoms with Crippen molar-refractivity contribution >= 4 is 11.7 Å². The molecule has 1 aromatic rings. The van der Waals surface area contributed by atoms with E-state index in [0.717, 1.165) is 24.1 Å². The molecule has 1 aromatic carbocycles. The van der Waals surface area contributed by atoms with Gasteiger partial charge in [0.1, 0.15) is 6.04 Å². The molecule has 0 radical (unpaired) electrons. The van der Waals surface area contributed by atoms with E-state index in [2.05, 4.69) is 19.2 Å². The van der Waals surface area contributed by atoms with Crippen LogP contribution in [0.1, 0.15) is 39.2 Å². The van der Waals surface area contributed by atoms with Crippen molar-refractivity contribution in [2.75, 3.05) is 11.9 Å². The number of esters is 1. The van der Waals surface area contributed by atoms with Gasteiger partial charge < -0.3 is 10.1 Å². The van der Waals surface area contributed by atoms with Crippen molar-refractivity contribution in [3.63, 3.8) is 0 Å². The summed E-state index contributed by atoms with van der Waals surface area (Å²) in [5, 5.41) is 3.34. The number of aryl methyl sites for hydroxylation is 1. The molecule has 0 spiro atoms. The summed E-state index contributed by atoms with van der Waals surface area (Å²) in [6.07, 6.45) is 2.06. The molecule has 0 fully saturated rings. The van der Waals surface area contributed by atoms with E-state index in [4.69, 9.17) is 4.74 Å². The highest BCUT2D eigenvalue weighted by atomic mass is 16.5. The van der Waals surface area contributed by atoms with Gasteiger partial charge in [-0.25, -0.2) is 4.79 Å². The van der Waals surface area contributed by atoms with Crippen molar-refractivity contribution < 1.29 is 9.53 Å². The summed E-state index contributed by atoms with van der Waals surface area (Å²) >= 11 is 0. The maximum absolute atomic E-state index is 12.1. The van der Waals surface area contributed by atoms with Gasteiger partial charge in [-0.05, 0) is 37.8 Å². The molecule has 1 N–H and O–H groups in total. The van der Waals surface area contributed by atoms with Crippen molar-refractivity contribution in [3.05, 3.63) is 29.8 Å². The van der Waals surface area contributed by atoms with Crippen LogP contribution in [-0.2, 0) is 9.53 Å². The second-order valence-electron chi connectivity index (χ2n) is 4.95. The summed E-state index contributed by atoms with van der Waals surface area (Å²) in [5.41, 5.74) is 2.14. The number of ether oxygens (including phenoxy) is 1. The van der Waals surface area contributed by atoms with Crippen molar-refractivity contribution in [1.82, 2.24) is 0 Å². The van der Waals surface area contributed by atoms with Gasteiger partial charge >= 0.3 is 5.97 Å². The van der Waals surface area contributed by atoms with Crippen molar-refractivity contribution in [2.45, 2.75) is 46.6 Å². The van der Waals surface area contributed by atoms with Crippen LogP contribution in [0.25, 0.3) is 0 Å². The standard InChI is InChI=1S/C16H25NO2/c1-5-9-13(4)15(16(18)19-6-2)17-14-11-8-7-10-12(14)3/h7-8,10-11,13,15,17H,5-6,9H2,1-4H3. The third-order valence-corrected chi connectivity index (χ3v) is 3.31. The summed E-state index contributed by atoms with van der Waals surface area (Å²) in [7, 11) is 0. The summed E-state index contributed by atoms with van der Waals surface area (Å²) in [5.74, 6) is 0.0929. The molecule has 3 nitrogen and oxygen atoms in total. The minimum absolute atomic E-state index is 0.160. The SMILES string of the molecule is CCCC(C)C(Nc1ccccc1C)C(=O)OCC. The molecule has 3 heteroatoms. The molecular formula is C16H25NO2. The van der Waals surface area contributed by atoms with Gasteiger partial charge in [0, 0.05) is 5.69 Å². The van der Waals surface area contributed by atoms with E-state index in [-0.39, 0.29) is 17.9 Å². The quantitative estimate of drug-likeness (QED) is 0.761. The van der Waals surface area contributed by atoms with E-state index in [1.165, 1.54) is 0 Å². The first-order chi connectivity index (χ1) is 9.10. The molecule has 0 saturated heterocycles. The highest BCUT2D eigenvalue weighted by molar-refractivity contribution is 5.80. The Morgan fingerprint density at radius 3 is 2.58 bits per heavy atom. The van der Waals surface area contributed by atoms with Crippen LogP contribution in [-0.4, -0.2) is 18.6 Å². The average molecular weight is 263 g/mol. The molecule has 2 unspecified atom stereocenters. The van der Waals surface area contributed by atoms with E-state index in [9.17, 15) is 4.79 Å². The van der Waals surface area contributed by atoms with Crippen LogP contribution in [0, 0.1) is 12.8 Å². The molecule has 2 atom stereocenters. The number of nitrogens with one attached hydrogen (secondary N) is 1. The maximum atomic E-state index is 12.1. The average Bonchev–Trinajstić information content (AvgIpc) is 2.38. The van der Waals surface area contributed by atoms with Crippen LogP contribution in [0.4, 0.5) is 5.69 Å². The topological polar surface area (TPSA) is 38.3 Å². The Morgan fingerprint density at radius 1 is 1.32 bits per heavy atom. The smallest absolute Gasteiger partial charge is 0.328 e. The summed E-state index contributed by atoms with van der Waals surface area (Å²) in [4.78, 5) is 12.1. The van der Waals surface area contributed by atoms with E-state index in [1.54, 1.807) is 0 Å². The first-order valence-corrected chi connectivity index (χ1v) is 7.08. The predicted octanol–water partition coefficient (Wildman–Crippen LogP) is 3.77. The second-order valence-corrected chi connectivity index (χ2v) is 4.95. The van der Waals surface area contributed by atoms with Crippen LogP contribution in [0.5, 0.6) is 0 Å². The molecule has 0 saturated carbocycles. The zero-order valence-electron chi connectivity index (χ0n) is 12.4. The zero-order valence-corrected chi connectivity index (χ0v) is 12.4. The predicted molar refractivity (Wildman–Crippen MR) is 79.3 cm³/mol. The van der Waals surface area contributed by atoms with E-state index in [1.807, 2.05) is 38.1 Å². The molecular weight excluding hydrogens is 238 g/mol. The fourth-order valence-electron chi connectivity index (χ4n) is 2.19. The molecule has 1 rings (SSSR count). The Labute approximate surface area is 116 Å². The molecule has 0 amide bonds. The Kier molecular flexibility index (Phi) is 6.40. The lowest BCUT2D eigenvalue weighted by Crippen LogP contribution is -2.37. The number of carbonyl (C=O) groups is 1. The Bertz CT molecular complexity index is 403. The third kappa shape index (κ3) is 4.58. The summed E-state index contributed by atoms with van der Waals surface area (Å²) < 4.78 is 5.18. The lowest BCUT2D eigenvalue weighted by molar-refractivity contribution is -0.145. The molecule has 0 aliphatic carbocycles. The molecule has 0 aliphatic rings. The first kappa shape index (κ1) is 15.5. The largest absolute Gasteiger partial charge is 0.464 e. The van der Waals surface area contributed by atoms with Gasteiger partial charge in [0.25, 0.3) is 0 Å². The van der Waals surface area contributed by atoms with E-state index >= 15 is 0 Å². The minimum atomic E-state index is -0.277. The molecule has 106 valence electrons. The monoisotopic (exact) mass is 263 g/mol. The summed E-state index contributed by atoms with van der Waals surface area (Å²) in [6, 6.07) is 7.73. The molecule has 0 bridgehead atoms. The van der Waals surface area contributed by atoms with Gasteiger partial charge in [-0.1, -0.05) is 38.5 Å². The highest BCUT2D eigenvalue weighted by Gasteiger charge is 2.26. The highest BCUT2D eigenvalue weighted by Crippen LogP contribution is 2.20. The maximum Gasteiger partial charge on any atom is 0.328 e. The van der Waals surface area contributed by atoms with Gasteiger partial charge in [0.15, 0.2) is 0 Å². The van der Waals surface area contributed by atoms with Gasteiger partial charge in [-0.3, -0.25) is 0 Å². The molecule has 19 heavy (non-hydrogen) atoms. The number of benzene rings is 1. The van der Waals surface area contributed by atoms with Crippen molar-refractivity contribution in [1.29, 1.82) is 0 Å². The van der Waals surface area contributed by atoms with Crippen LogP contribution in [0.3, 0.4) is 0 Å². The van der Waals surface area contributed by atoms with Gasteiger partial charge in [-0.2, -0.15) is 0 Å². The Balaban J connectivity index is 2.85. The molecule has 0 aromatic heterocycles. The number of anilines is 1. The Morgan fingerprint density at radius 2 is 2.00 bits per heavy atom. The number of para-hydroxylation sites is 1. The first-order valence-electron chi connectivity index (χ1n) is 7.08. The van der Waals surface area contributed by atoms with Crippen LogP contribution < -0.4 is 5.32 Å². The van der Waals surface area contributed by atoms with Crippen LogP contribution in [0.2, 0.25) is 0 Å². The van der Waals surface area contributed by atoms with Crippen molar-refractivity contribution in [2.24, 2.45) is 5.92 Å². The van der Waals surface area contributed by atoms with Gasteiger partial charge in [0.05, 0.1) is 6.61 Å². The number of hydrogen-bond donors (Lipinski definition) is 1. The van der Waals surface area contributed by atoms with Crippen LogP contribution >= 0.6 is 0 Å². The van der Waals surface area contributed by atoms with E-state index < -0.39 is 0 Å². The number of carbonyl (C=O) groups excluding carboxylic acids is 1. The molecule has 0 aliphatic heterocycles. The lowest BCUT2D eigenvalue weighted by Gasteiger charge is -2.25. The lowest BCUT2D eigenvalue weighted by atomic mass is 9.96. The fourth-order valence-corrected chi connectivity index (χ4v) is 2.19. The second kappa shape index (κ2) is 7.82. The van der Waals surface area contributed by atoms with Crippen molar-refractivity contribution in [3.8, 4) is 0 Å². The zero-order chi connectivity index (χ0) is 14.3. The number of rotatable bonds is 7. The van der Waals surface area contributed by atoms with Gasteiger partial charge in [-0.15, -0.1) is 0 Å². The van der Waals surface area contributed by atoms with Gasteiger partial charge in [0.2, 0.25) is 0 Å². The number of hydrogen-bond acceptors (Lipinski definition) is 3. The molecule has 0 heterocycles.